The molecule has 0 aromatic heterocycles. The van der Waals surface area contributed by atoms with Gasteiger partial charge in [0.05, 0.1) is 0 Å². The van der Waals surface area contributed by atoms with Crippen molar-refractivity contribution in [2.45, 2.75) is 38.4 Å². The van der Waals surface area contributed by atoms with Crippen LogP contribution in [0.4, 0.5) is 0 Å². The SMILES string of the molecule is C[C@@H]1C2CCC(C)(S)C3[C@H](C)C231. The molecule has 3 aliphatic carbocycles. The van der Waals surface area contributed by atoms with Crippen molar-refractivity contribution in [1.29, 1.82) is 0 Å². The van der Waals surface area contributed by atoms with Gasteiger partial charge in [-0.2, -0.15) is 12.6 Å². The van der Waals surface area contributed by atoms with E-state index in [1.807, 2.05) is 0 Å². The minimum atomic E-state index is 0.362. The van der Waals surface area contributed by atoms with Crippen molar-refractivity contribution in [2.75, 3.05) is 0 Å². The Morgan fingerprint density at radius 2 is 1.92 bits per heavy atom. The van der Waals surface area contributed by atoms with Gasteiger partial charge < -0.3 is 0 Å². The first kappa shape index (κ1) is 7.73. The Hall–Kier alpha value is 0.350. The second-order valence-electron chi connectivity index (χ2n) is 5.56. The molecule has 0 N–H and O–H groups in total. The van der Waals surface area contributed by atoms with Gasteiger partial charge >= 0.3 is 0 Å². The van der Waals surface area contributed by atoms with E-state index >= 15 is 0 Å². The fourth-order valence-corrected chi connectivity index (χ4v) is 5.34. The summed E-state index contributed by atoms with van der Waals surface area (Å²) in [6, 6.07) is 0. The fraction of sp³-hybridized carbons (Fsp3) is 1.00. The summed E-state index contributed by atoms with van der Waals surface area (Å²) < 4.78 is 0.362. The zero-order valence-corrected chi connectivity index (χ0v) is 9.07. The molecule has 0 amide bonds. The van der Waals surface area contributed by atoms with Gasteiger partial charge in [0, 0.05) is 4.75 Å². The topological polar surface area (TPSA) is 0 Å². The van der Waals surface area contributed by atoms with Crippen LogP contribution < -0.4 is 0 Å². The first-order valence-electron chi connectivity index (χ1n) is 5.25. The van der Waals surface area contributed by atoms with Crippen LogP contribution in [0, 0.1) is 29.1 Å². The average Bonchev–Trinajstić information content (AvgIpc) is 2.74. The summed E-state index contributed by atoms with van der Waals surface area (Å²) in [6.07, 6.45) is 2.80. The molecule has 0 aromatic rings. The summed E-state index contributed by atoms with van der Waals surface area (Å²) >= 11 is 4.84. The van der Waals surface area contributed by atoms with Gasteiger partial charge in [0.2, 0.25) is 0 Å². The Kier molecular flexibility index (Phi) is 1.13. The summed E-state index contributed by atoms with van der Waals surface area (Å²) in [6.45, 7) is 7.25. The van der Waals surface area contributed by atoms with Crippen molar-refractivity contribution in [2.24, 2.45) is 29.1 Å². The summed E-state index contributed by atoms with van der Waals surface area (Å²) in [4.78, 5) is 0. The maximum absolute atomic E-state index is 4.84. The summed E-state index contributed by atoms with van der Waals surface area (Å²) in [5.41, 5.74) is 0.786. The lowest BCUT2D eigenvalue weighted by Gasteiger charge is -2.27. The maximum Gasteiger partial charge on any atom is 0.0138 e. The molecule has 1 spiro atoms. The Labute approximate surface area is 80.5 Å². The van der Waals surface area contributed by atoms with Crippen molar-refractivity contribution in [1.82, 2.24) is 0 Å². The Morgan fingerprint density at radius 3 is 2.50 bits per heavy atom. The van der Waals surface area contributed by atoms with Gasteiger partial charge in [-0.1, -0.05) is 20.8 Å². The van der Waals surface area contributed by atoms with Gasteiger partial charge in [-0.3, -0.25) is 0 Å². The minimum Gasteiger partial charge on any atom is -0.172 e. The van der Waals surface area contributed by atoms with E-state index in [2.05, 4.69) is 20.8 Å². The van der Waals surface area contributed by atoms with Crippen LogP contribution in [-0.4, -0.2) is 4.75 Å². The van der Waals surface area contributed by atoms with Crippen LogP contribution in [0.2, 0.25) is 0 Å². The van der Waals surface area contributed by atoms with E-state index in [9.17, 15) is 0 Å². The smallest absolute Gasteiger partial charge is 0.0138 e. The second kappa shape index (κ2) is 1.75. The quantitative estimate of drug-likeness (QED) is 0.547. The molecule has 0 aromatic carbocycles. The molecule has 4 unspecified atom stereocenters. The van der Waals surface area contributed by atoms with Crippen molar-refractivity contribution in [3.63, 3.8) is 0 Å². The van der Waals surface area contributed by atoms with Crippen molar-refractivity contribution in [3.05, 3.63) is 0 Å². The zero-order chi connectivity index (χ0) is 8.72. The fourth-order valence-electron chi connectivity index (χ4n) is 4.77. The highest BCUT2D eigenvalue weighted by molar-refractivity contribution is 7.81. The summed E-state index contributed by atoms with van der Waals surface area (Å²) in [7, 11) is 0. The molecule has 0 bridgehead atoms. The summed E-state index contributed by atoms with van der Waals surface area (Å²) in [5, 5.41) is 0. The zero-order valence-electron chi connectivity index (χ0n) is 8.17. The van der Waals surface area contributed by atoms with Crippen LogP contribution in [0.5, 0.6) is 0 Å². The van der Waals surface area contributed by atoms with Crippen molar-refractivity contribution < 1.29 is 0 Å². The highest BCUT2D eigenvalue weighted by Crippen LogP contribution is 2.88. The molecule has 3 rings (SSSR count). The van der Waals surface area contributed by atoms with Crippen LogP contribution in [0.3, 0.4) is 0 Å². The highest BCUT2D eigenvalue weighted by Gasteiger charge is 2.84. The number of hydrogen-bond acceptors (Lipinski definition) is 1. The Balaban J connectivity index is 1.97. The van der Waals surface area contributed by atoms with E-state index in [0.29, 0.717) is 4.75 Å². The molecule has 0 saturated heterocycles. The summed E-state index contributed by atoms with van der Waals surface area (Å²) in [5.74, 6) is 4.02. The Bertz CT molecular complexity index is 245. The maximum atomic E-state index is 4.84. The molecular weight excluding hydrogens is 164 g/mol. The van der Waals surface area contributed by atoms with Crippen LogP contribution in [0.25, 0.3) is 0 Å². The predicted octanol–water partition coefficient (Wildman–Crippen LogP) is 2.99. The van der Waals surface area contributed by atoms with Crippen LogP contribution in [-0.2, 0) is 0 Å². The molecular formula is C11H18S. The third-order valence-corrected chi connectivity index (χ3v) is 5.78. The van der Waals surface area contributed by atoms with Gasteiger partial charge in [0.1, 0.15) is 0 Å². The first-order chi connectivity index (χ1) is 5.53. The third-order valence-electron chi connectivity index (χ3n) is 5.28. The van der Waals surface area contributed by atoms with E-state index in [1.165, 1.54) is 12.8 Å². The molecule has 12 heavy (non-hydrogen) atoms. The van der Waals surface area contributed by atoms with Gasteiger partial charge in [-0.25, -0.2) is 0 Å². The molecule has 0 heterocycles. The third kappa shape index (κ3) is 0.556. The lowest BCUT2D eigenvalue weighted by atomic mass is 9.90. The molecule has 0 nitrogen and oxygen atoms in total. The van der Waals surface area contributed by atoms with E-state index in [4.69, 9.17) is 12.6 Å². The molecule has 3 aliphatic rings. The average molecular weight is 182 g/mol. The van der Waals surface area contributed by atoms with E-state index in [0.717, 1.165) is 29.1 Å². The minimum absolute atomic E-state index is 0.362. The van der Waals surface area contributed by atoms with Crippen LogP contribution in [0.1, 0.15) is 33.6 Å². The van der Waals surface area contributed by atoms with E-state index in [-0.39, 0.29) is 0 Å². The first-order valence-corrected chi connectivity index (χ1v) is 5.70. The molecule has 3 fully saturated rings. The molecule has 0 aliphatic heterocycles. The van der Waals surface area contributed by atoms with Crippen molar-refractivity contribution >= 4 is 12.6 Å². The number of hydrogen-bond donors (Lipinski definition) is 1. The second-order valence-corrected chi connectivity index (χ2v) is 6.58. The molecule has 1 heteroatoms. The van der Waals surface area contributed by atoms with Gasteiger partial charge in [0.15, 0.2) is 0 Å². The highest BCUT2D eigenvalue weighted by atomic mass is 32.1. The lowest BCUT2D eigenvalue weighted by Crippen LogP contribution is -2.24. The van der Waals surface area contributed by atoms with Crippen molar-refractivity contribution in [3.8, 4) is 0 Å². The largest absolute Gasteiger partial charge is 0.172 e. The molecule has 0 radical (unpaired) electrons. The van der Waals surface area contributed by atoms with E-state index < -0.39 is 0 Å². The van der Waals surface area contributed by atoms with Gasteiger partial charge in [-0.15, -0.1) is 0 Å². The lowest BCUT2D eigenvalue weighted by molar-refractivity contribution is 0.392. The predicted molar refractivity (Wildman–Crippen MR) is 54.4 cm³/mol. The molecule has 68 valence electrons. The molecule has 6 atom stereocenters. The monoisotopic (exact) mass is 182 g/mol. The standard InChI is InChI=1S/C11H18S/c1-6-8-4-5-10(3,12)9-7(2)11(6,8)9/h6-9,12H,4-5H2,1-3H3/t6-,7+,8?,9?,10?,11?/m1/s1. The number of rotatable bonds is 0. The van der Waals surface area contributed by atoms with Crippen LogP contribution in [0.15, 0.2) is 0 Å². The van der Waals surface area contributed by atoms with Crippen LogP contribution >= 0.6 is 12.6 Å². The van der Waals surface area contributed by atoms with Gasteiger partial charge in [-0.05, 0) is 41.9 Å². The van der Waals surface area contributed by atoms with Gasteiger partial charge in [0.25, 0.3) is 0 Å². The normalized spacial score (nSPS) is 73.0. The van der Waals surface area contributed by atoms with E-state index in [1.54, 1.807) is 0 Å². The molecule has 3 saturated carbocycles. The Morgan fingerprint density at radius 1 is 1.25 bits per heavy atom. The number of thiol groups is 1.